The maximum Gasteiger partial charge on any atom is 0.516 e. The normalized spacial score (nSPS) is 13.1. The van der Waals surface area contributed by atoms with Gasteiger partial charge >= 0.3 is 12.1 Å². The van der Waals surface area contributed by atoms with E-state index in [0.29, 0.717) is 0 Å². The molecule has 0 amide bonds. The lowest BCUT2D eigenvalue weighted by atomic mass is 10.1. The van der Waals surface area contributed by atoms with Crippen molar-refractivity contribution in [1.29, 1.82) is 0 Å². The molecule has 0 spiro atoms. The first-order chi connectivity index (χ1) is 6.74. The van der Waals surface area contributed by atoms with Crippen molar-refractivity contribution in [3.8, 4) is 0 Å². The monoisotopic (exact) mass is 218 g/mol. The van der Waals surface area contributed by atoms with E-state index < -0.39 is 17.7 Å². The van der Waals surface area contributed by atoms with E-state index in [1.807, 2.05) is 0 Å². The standard InChI is InChI=1S/C10H18O5/c1-7(6-11)5-8(12)14-9(13)15-10(2,3)4/h7,11H,5-6H2,1-4H3. The Bertz CT molecular complexity index is 228. The van der Waals surface area contributed by atoms with E-state index in [1.165, 1.54) is 0 Å². The van der Waals surface area contributed by atoms with Crippen LogP contribution in [0.25, 0.3) is 0 Å². The molecule has 15 heavy (non-hydrogen) atoms. The average molecular weight is 218 g/mol. The summed E-state index contributed by atoms with van der Waals surface area (Å²) in [6, 6.07) is 0. The van der Waals surface area contributed by atoms with Crippen LogP contribution in [-0.4, -0.2) is 29.4 Å². The van der Waals surface area contributed by atoms with Gasteiger partial charge in [0.25, 0.3) is 0 Å². The Morgan fingerprint density at radius 3 is 2.27 bits per heavy atom. The van der Waals surface area contributed by atoms with Crippen molar-refractivity contribution in [3.05, 3.63) is 0 Å². The predicted molar refractivity (Wildman–Crippen MR) is 53.2 cm³/mol. The third-order valence-electron chi connectivity index (χ3n) is 1.41. The van der Waals surface area contributed by atoms with E-state index in [-0.39, 0.29) is 18.9 Å². The largest absolute Gasteiger partial charge is 0.516 e. The van der Waals surface area contributed by atoms with Gasteiger partial charge in [-0.25, -0.2) is 4.79 Å². The number of rotatable bonds is 3. The van der Waals surface area contributed by atoms with Crippen LogP contribution < -0.4 is 0 Å². The predicted octanol–water partition coefficient (Wildman–Crippen LogP) is 1.48. The molecule has 0 aliphatic heterocycles. The van der Waals surface area contributed by atoms with E-state index >= 15 is 0 Å². The number of carbonyl (C=O) groups excluding carboxylic acids is 2. The van der Waals surface area contributed by atoms with Gasteiger partial charge in [0, 0.05) is 6.61 Å². The molecule has 0 heterocycles. The zero-order valence-electron chi connectivity index (χ0n) is 9.57. The smallest absolute Gasteiger partial charge is 0.428 e. The molecule has 0 rings (SSSR count). The molecule has 0 aromatic rings. The fraction of sp³-hybridized carbons (Fsp3) is 0.800. The van der Waals surface area contributed by atoms with E-state index in [2.05, 4.69) is 4.74 Å². The van der Waals surface area contributed by atoms with E-state index in [0.717, 1.165) is 0 Å². The van der Waals surface area contributed by atoms with Crippen molar-refractivity contribution >= 4 is 12.1 Å². The molecule has 0 aromatic carbocycles. The van der Waals surface area contributed by atoms with Crippen molar-refractivity contribution in [2.45, 2.75) is 39.7 Å². The van der Waals surface area contributed by atoms with Crippen LogP contribution in [0.2, 0.25) is 0 Å². The summed E-state index contributed by atoms with van der Waals surface area (Å²) in [5, 5.41) is 8.68. The zero-order valence-corrected chi connectivity index (χ0v) is 9.57. The minimum atomic E-state index is -1.00. The van der Waals surface area contributed by atoms with Crippen LogP contribution in [0.1, 0.15) is 34.1 Å². The summed E-state index contributed by atoms with van der Waals surface area (Å²) in [6.45, 7) is 6.58. The van der Waals surface area contributed by atoms with Crippen LogP contribution in [0.4, 0.5) is 4.79 Å². The van der Waals surface area contributed by atoms with Gasteiger partial charge in [-0.3, -0.25) is 4.79 Å². The number of aliphatic hydroxyl groups is 1. The minimum absolute atomic E-state index is 0.00422. The molecule has 1 atom stereocenters. The first-order valence-electron chi connectivity index (χ1n) is 4.79. The number of hydrogen-bond donors (Lipinski definition) is 1. The second kappa shape index (κ2) is 5.70. The topological polar surface area (TPSA) is 72.8 Å². The molecule has 0 aliphatic rings. The van der Waals surface area contributed by atoms with Crippen molar-refractivity contribution in [2.24, 2.45) is 5.92 Å². The van der Waals surface area contributed by atoms with Gasteiger partial charge in [-0.05, 0) is 26.7 Å². The lowest BCUT2D eigenvalue weighted by Crippen LogP contribution is -2.26. The number of aliphatic hydroxyl groups excluding tert-OH is 1. The second-order valence-electron chi connectivity index (χ2n) is 4.43. The molecule has 1 unspecified atom stereocenters. The third-order valence-corrected chi connectivity index (χ3v) is 1.41. The summed E-state index contributed by atoms with van der Waals surface area (Å²) >= 11 is 0. The number of carbonyl (C=O) groups is 2. The zero-order chi connectivity index (χ0) is 12.1. The molecule has 5 heteroatoms. The van der Waals surface area contributed by atoms with E-state index in [9.17, 15) is 9.59 Å². The molecular formula is C10H18O5. The Kier molecular flexibility index (Phi) is 5.28. The number of hydrogen-bond acceptors (Lipinski definition) is 5. The molecule has 88 valence electrons. The van der Waals surface area contributed by atoms with Crippen LogP contribution in [0.5, 0.6) is 0 Å². The van der Waals surface area contributed by atoms with Gasteiger partial charge in [-0.2, -0.15) is 0 Å². The number of ether oxygens (including phenoxy) is 2. The Morgan fingerprint density at radius 1 is 1.33 bits per heavy atom. The Morgan fingerprint density at radius 2 is 1.87 bits per heavy atom. The first kappa shape index (κ1) is 13.9. The lowest BCUT2D eigenvalue weighted by molar-refractivity contribution is -0.142. The third kappa shape index (κ3) is 7.93. The highest BCUT2D eigenvalue weighted by molar-refractivity contribution is 5.82. The second-order valence-corrected chi connectivity index (χ2v) is 4.43. The summed E-state index contributed by atoms with van der Waals surface area (Å²) in [5.74, 6) is -0.911. The molecular weight excluding hydrogens is 200 g/mol. The fourth-order valence-corrected chi connectivity index (χ4v) is 0.755. The van der Waals surface area contributed by atoms with Crippen molar-refractivity contribution in [3.63, 3.8) is 0 Å². The maximum absolute atomic E-state index is 11.1. The number of esters is 1. The highest BCUT2D eigenvalue weighted by Crippen LogP contribution is 2.09. The lowest BCUT2D eigenvalue weighted by Gasteiger charge is -2.18. The van der Waals surface area contributed by atoms with Crippen LogP contribution in [-0.2, 0) is 14.3 Å². The van der Waals surface area contributed by atoms with Crippen molar-refractivity contribution in [2.75, 3.05) is 6.61 Å². The van der Waals surface area contributed by atoms with Gasteiger partial charge in [-0.1, -0.05) is 6.92 Å². The minimum Gasteiger partial charge on any atom is -0.428 e. The average Bonchev–Trinajstić information content (AvgIpc) is 1.99. The SMILES string of the molecule is CC(CO)CC(=O)OC(=O)OC(C)(C)C. The highest BCUT2D eigenvalue weighted by Gasteiger charge is 2.20. The molecule has 0 saturated heterocycles. The summed E-state index contributed by atoms with van der Waals surface area (Å²) in [7, 11) is 0. The molecule has 0 saturated carbocycles. The molecule has 0 bridgehead atoms. The highest BCUT2D eigenvalue weighted by atomic mass is 16.7. The van der Waals surface area contributed by atoms with Gasteiger partial charge in [-0.15, -0.1) is 0 Å². The molecule has 0 fully saturated rings. The van der Waals surface area contributed by atoms with Crippen molar-refractivity contribution in [1.82, 2.24) is 0 Å². The molecule has 5 nitrogen and oxygen atoms in total. The van der Waals surface area contributed by atoms with Gasteiger partial charge in [0.15, 0.2) is 0 Å². The quantitative estimate of drug-likeness (QED) is 0.573. The first-order valence-corrected chi connectivity index (χ1v) is 4.79. The van der Waals surface area contributed by atoms with Gasteiger partial charge < -0.3 is 14.6 Å². The van der Waals surface area contributed by atoms with E-state index in [1.54, 1.807) is 27.7 Å². The van der Waals surface area contributed by atoms with Gasteiger partial charge in [0.2, 0.25) is 0 Å². The van der Waals surface area contributed by atoms with E-state index in [4.69, 9.17) is 9.84 Å². The van der Waals surface area contributed by atoms with Crippen molar-refractivity contribution < 1.29 is 24.2 Å². The molecule has 0 radical (unpaired) electrons. The summed E-state index contributed by atoms with van der Waals surface area (Å²) in [6.07, 6.45) is -1.01. The summed E-state index contributed by atoms with van der Waals surface area (Å²) in [4.78, 5) is 22.1. The maximum atomic E-state index is 11.1. The Labute approximate surface area is 89.4 Å². The molecule has 0 aromatic heterocycles. The Balaban J connectivity index is 3.92. The van der Waals surface area contributed by atoms with Crippen LogP contribution in [0.15, 0.2) is 0 Å². The molecule has 0 aliphatic carbocycles. The van der Waals surface area contributed by atoms with Gasteiger partial charge in [0.1, 0.15) is 5.60 Å². The van der Waals surface area contributed by atoms with Gasteiger partial charge in [0.05, 0.1) is 6.42 Å². The summed E-state index contributed by atoms with van der Waals surface area (Å²) < 4.78 is 9.17. The van der Waals surface area contributed by atoms with Crippen LogP contribution in [0.3, 0.4) is 0 Å². The summed E-state index contributed by atoms with van der Waals surface area (Å²) in [5.41, 5.74) is -0.681. The Hall–Kier alpha value is -1.10. The molecule has 1 N–H and O–H groups in total. The van der Waals surface area contributed by atoms with Crippen LogP contribution >= 0.6 is 0 Å². The fourth-order valence-electron chi connectivity index (χ4n) is 0.755. The van der Waals surface area contributed by atoms with Crippen LogP contribution in [0, 0.1) is 5.92 Å².